The zero-order valence-electron chi connectivity index (χ0n) is 8.45. The largest absolute Gasteiger partial charge is 0.392 e. The van der Waals surface area contributed by atoms with Crippen LogP contribution in [0.4, 0.5) is 8.78 Å². The second-order valence-electron chi connectivity index (χ2n) is 3.52. The summed E-state index contributed by atoms with van der Waals surface area (Å²) in [5.74, 6) is -1.21. The standard InChI is InChI=1S/C13H10F2O/c14-12-5-11(6-13(15)7-12)10-3-1-2-9(4-10)8-16/h1-7,16H,8H2. The van der Waals surface area contributed by atoms with Crippen LogP contribution in [-0.4, -0.2) is 5.11 Å². The topological polar surface area (TPSA) is 20.2 Å². The van der Waals surface area contributed by atoms with E-state index in [9.17, 15) is 8.78 Å². The third kappa shape index (κ3) is 2.25. The Morgan fingerprint density at radius 1 is 0.875 bits per heavy atom. The first-order valence-electron chi connectivity index (χ1n) is 4.85. The second-order valence-corrected chi connectivity index (χ2v) is 3.52. The van der Waals surface area contributed by atoms with Crippen molar-refractivity contribution in [2.45, 2.75) is 6.61 Å². The molecule has 0 aliphatic heterocycles. The van der Waals surface area contributed by atoms with E-state index in [0.29, 0.717) is 16.7 Å². The molecule has 0 aliphatic rings. The molecule has 1 N–H and O–H groups in total. The summed E-state index contributed by atoms with van der Waals surface area (Å²) in [6.45, 7) is -0.0916. The van der Waals surface area contributed by atoms with Crippen molar-refractivity contribution in [2.24, 2.45) is 0 Å². The van der Waals surface area contributed by atoms with Gasteiger partial charge in [0.05, 0.1) is 6.61 Å². The number of aliphatic hydroxyl groups excluding tert-OH is 1. The van der Waals surface area contributed by atoms with Crippen molar-refractivity contribution in [2.75, 3.05) is 0 Å². The molecule has 0 amide bonds. The van der Waals surface area contributed by atoms with Crippen LogP contribution in [0.25, 0.3) is 11.1 Å². The monoisotopic (exact) mass is 220 g/mol. The molecule has 0 aliphatic carbocycles. The summed E-state index contributed by atoms with van der Waals surface area (Å²) >= 11 is 0. The Morgan fingerprint density at radius 2 is 1.56 bits per heavy atom. The highest BCUT2D eigenvalue weighted by Gasteiger charge is 2.03. The highest BCUT2D eigenvalue weighted by molar-refractivity contribution is 5.64. The summed E-state index contributed by atoms with van der Waals surface area (Å²) in [6, 6.07) is 10.3. The Hall–Kier alpha value is -1.74. The lowest BCUT2D eigenvalue weighted by molar-refractivity contribution is 0.282. The van der Waals surface area contributed by atoms with Crippen LogP contribution in [0.2, 0.25) is 0 Å². The minimum absolute atomic E-state index is 0.0916. The fraction of sp³-hybridized carbons (Fsp3) is 0.0769. The lowest BCUT2D eigenvalue weighted by Gasteiger charge is -2.04. The van der Waals surface area contributed by atoms with Crippen molar-refractivity contribution in [1.29, 1.82) is 0 Å². The van der Waals surface area contributed by atoms with Crippen molar-refractivity contribution in [1.82, 2.24) is 0 Å². The van der Waals surface area contributed by atoms with Crippen molar-refractivity contribution in [3.05, 3.63) is 59.7 Å². The van der Waals surface area contributed by atoms with Gasteiger partial charge in [0.1, 0.15) is 11.6 Å². The van der Waals surface area contributed by atoms with E-state index in [0.717, 1.165) is 6.07 Å². The van der Waals surface area contributed by atoms with E-state index >= 15 is 0 Å². The summed E-state index contributed by atoms with van der Waals surface area (Å²) in [4.78, 5) is 0. The molecule has 82 valence electrons. The van der Waals surface area contributed by atoms with Crippen LogP contribution in [0.5, 0.6) is 0 Å². The SMILES string of the molecule is OCc1cccc(-c2cc(F)cc(F)c2)c1. The van der Waals surface area contributed by atoms with Crippen LogP contribution >= 0.6 is 0 Å². The molecule has 0 unspecified atom stereocenters. The maximum atomic E-state index is 13.0. The summed E-state index contributed by atoms with van der Waals surface area (Å²) in [5.41, 5.74) is 1.86. The van der Waals surface area contributed by atoms with E-state index in [2.05, 4.69) is 0 Å². The number of hydrogen-bond acceptors (Lipinski definition) is 1. The highest BCUT2D eigenvalue weighted by Crippen LogP contribution is 2.22. The van der Waals surface area contributed by atoms with Gasteiger partial charge in [-0.15, -0.1) is 0 Å². The average molecular weight is 220 g/mol. The molecular formula is C13H10F2O. The molecule has 0 saturated heterocycles. The van der Waals surface area contributed by atoms with Gasteiger partial charge in [0, 0.05) is 6.07 Å². The third-order valence-corrected chi connectivity index (χ3v) is 2.31. The fourth-order valence-electron chi connectivity index (χ4n) is 1.57. The van der Waals surface area contributed by atoms with E-state index < -0.39 is 11.6 Å². The maximum absolute atomic E-state index is 13.0. The van der Waals surface area contributed by atoms with Gasteiger partial charge in [-0.05, 0) is 34.9 Å². The second kappa shape index (κ2) is 4.41. The van der Waals surface area contributed by atoms with E-state index in [1.54, 1.807) is 24.3 Å². The van der Waals surface area contributed by atoms with Gasteiger partial charge in [-0.25, -0.2) is 8.78 Å². The molecule has 0 spiro atoms. The van der Waals surface area contributed by atoms with Crippen LogP contribution in [0.15, 0.2) is 42.5 Å². The molecule has 0 heterocycles. The van der Waals surface area contributed by atoms with Gasteiger partial charge in [0.2, 0.25) is 0 Å². The van der Waals surface area contributed by atoms with Gasteiger partial charge >= 0.3 is 0 Å². The molecule has 2 aromatic carbocycles. The minimum atomic E-state index is -0.607. The van der Waals surface area contributed by atoms with Crippen molar-refractivity contribution in [3.8, 4) is 11.1 Å². The molecule has 0 bridgehead atoms. The van der Waals surface area contributed by atoms with Gasteiger partial charge < -0.3 is 5.11 Å². The average Bonchev–Trinajstić information content (AvgIpc) is 2.28. The molecule has 1 nitrogen and oxygen atoms in total. The van der Waals surface area contributed by atoms with Crippen LogP contribution in [-0.2, 0) is 6.61 Å². The van der Waals surface area contributed by atoms with Crippen LogP contribution in [0.1, 0.15) is 5.56 Å². The summed E-state index contributed by atoms with van der Waals surface area (Å²) in [5, 5.41) is 8.97. The first-order chi connectivity index (χ1) is 7.69. The Labute approximate surface area is 92.0 Å². The molecule has 2 aromatic rings. The number of rotatable bonds is 2. The van der Waals surface area contributed by atoms with Gasteiger partial charge in [0.15, 0.2) is 0 Å². The highest BCUT2D eigenvalue weighted by atomic mass is 19.1. The van der Waals surface area contributed by atoms with Crippen LogP contribution in [0.3, 0.4) is 0 Å². The molecule has 0 saturated carbocycles. The van der Waals surface area contributed by atoms with E-state index in [1.165, 1.54) is 12.1 Å². The normalized spacial score (nSPS) is 10.4. The zero-order valence-corrected chi connectivity index (χ0v) is 8.45. The predicted molar refractivity (Wildman–Crippen MR) is 57.7 cm³/mol. The van der Waals surface area contributed by atoms with Gasteiger partial charge in [-0.3, -0.25) is 0 Å². The summed E-state index contributed by atoms with van der Waals surface area (Å²) in [7, 11) is 0. The smallest absolute Gasteiger partial charge is 0.126 e. The third-order valence-electron chi connectivity index (χ3n) is 2.31. The Morgan fingerprint density at radius 3 is 2.19 bits per heavy atom. The Kier molecular flexibility index (Phi) is 2.97. The quantitative estimate of drug-likeness (QED) is 0.824. The van der Waals surface area contributed by atoms with Crippen molar-refractivity contribution >= 4 is 0 Å². The molecule has 0 aromatic heterocycles. The predicted octanol–water partition coefficient (Wildman–Crippen LogP) is 3.12. The van der Waals surface area contributed by atoms with Crippen LogP contribution in [0, 0.1) is 11.6 Å². The lowest BCUT2D eigenvalue weighted by atomic mass is 10.0. The number of benzene rings is 2. The number of hydrogen-bond donors (Lipinski definition) is 1. The van der Waals surface area contributed by atoms with Gasteiger partial charge in [0.25, 0.3) is 0 Å². The van der Waals surface area contributed by atoms with Crippen LogP contribution < -0.4 is 0 Å². The molecule has 3 heteroatoms. The molecule has 0 radical (unpaired) electrons. The maximum Gasteiger partial charge on any atom is 0.126 e. The first kappa shape index (κ1) is 10.8. The molecule has 0 fully saturated rings. The zero-order chi connectivity index (χ0) is 11.5. The molecule has 2 rings (SSSR count). The minimum Gasteiger partial charge on any atom is -0.392 e. The number of aliphatic hydroxyl groups is 1. The van der Waals surface area contributed by atoms with E-state index in [4.69, 9.17) is 5.11 Å². The first-order valence-corrected chi connectivity index (χ1v) is 4.85. The van der Waals surface area contributed by atoms with Gasteiger partial charge in [-0.1, -0.05) is 18.2 Å². The van der Waals surface area contributed by atoms with E-state index in [1.807, 2.05) is 0 Å². The molecular weight excluding hydrogens is 210 g/mol. The summed E-state index contributed by atoms with van der Waals surface area (Å²) in [6.07, 6.45) is 0. The molecule has 16 heavy (non-hydrogen) atoms. The van der Waals surface area contributed by atoms with Crippen molar-refractivity contribution < 1.29 is 13.9 Å². The Balaban J connectivity index is 2.49. The molecule has 0 atom stereocenters. The lowest BCUT2D eigenvalue weighted by Crippen LogP contribution is -1.87. The van der Waals surface area contributed by atoms with Gasteiger partial charge in [-0.2, -0.15) is 0 Å². The number of halogens is 2. The van der Waals surface area contributed by atoms with Crippen molar-refractivity contribution in [3.63, 3.8) is 0 Å². The fourth-order valence-corrected chi connectivity index (χ4v) is 1.57. The van der Waals surface area contributed by atoms with E-state index in [-0.39, 0.29) is 6.61 Å². The Bertz CT molecular complexity index is 489. The summed E-state index contributed by atoms with van der Waals surface area (Å²) < 4.78 is 26.0.